The van der Waals surface area contributed by atoms with E-state index in [-0.39, 0.29) is 18.8 Å². The molecule has 0 aromatic carbocycles. The fourth-order valence-electron chi connectivity index (χ4n) is 6.08. The number of hydrogen-bond acceptors (Lipinski definition) is 5. The molecule has 1 saturated heterocycles. The van der Waals surface area contributed by atoms with Crippen molar-refractivity contribution in [2.24, 2.45) is 5.92 Å². The smallest absolute Gasteiger partial charge is 0.325 e. The molecule has 2 aromatic heterocycles. The van der Waals surface area contributed by atoms with Crippen LogP contribution in [0.5, 0.6) is 0 Å². The van der Waals surface area contributed by atoms with Crippen molar-refractivity contribution in [2.45, 2.75) is 81.8 Å². The summed E-state index contributed by atoms with van der Waals surface area (Å²) in [6, 6.07) is 6.51. The maximum atomic E-state index is 15.2. The summed E-state index contributed by atoms with van der Waals surface area (Å²) in [5.74, 6) is -3.47. The molecule has 0 spiro atoms. The first-order valence-electron chi connectivity index (χ1n) is 13.5. The lowest BCUT2D eigenvalue weighted by Gasteiger charge is -2.36. The topological polar surface area (TPSA) is 78.3 Å². The molecule has 5 rings (SSSR count). The number of carboxylic acids is 1. The predicted molar refractivity (Wildman–Crippen MR) is 135 cm³/mol. The highest BCUT2D eigenvalue weighted by Crippen LogP contribution is 2.49. The highest BCUT2D eigenvalue weighted by Gasteiger charge is 2.48. The Morgan fingerprint density at radius 3 is 2.86 bits per heavy atom. The number of aromatic nitrogens is 2. The Morgan fingerprint density at radius 2 is 2.08 bits per heavy atom. The monoisotopic (exact) mass is 516 g/mol. The number of carboxylic acid groups (broad SMARTS) is 1. The fourth-order valence-corrected chi connectivity index (χ4v) is 6.08. The quantitative estimate of drug-likeness (QED) is 0.404. The second-order valence-electron chi connectivity index (χ2n) is 10.8. The summed E-state index contributed by atoms with van der Waals surface area (Å²) in [6.45, 7) is 1.75. The fraction of sp³-hybridized carbons (Fsp3) is 0.607. The van der Waals surface area contributed by atoms with Crippen LogP contribution in [-0.4, -0.2) is 57.7 Å². The van der Waals surface area contributed by atoms with Crippen LogP contribution >= 0.6 is 0 Å². The Bertz CT molecular complexity index is 1110. The van der Waals surface area contributed by atoms with E-state index in [2.05, 4.69) is 22.4 Å². The van der Waals surface area contributed by atoms with Gasteiger partial charge < -0.3 is 10.4 Å². The van der Waals surface area contributed by atoms with E-state index >= 15 is 4.39 Å². The van der Waals surface area contributed by atoms with Gasteiger partial charge in [-0.15, -0.1) is 0 Å². The lowest BCUT2D eigenvalue weighted by Crippen LogP contribution is -2.38. The summed E-state index contributed by atoms with van der Waals surface area (Å²) >= 11 is 0. The van der Waals surface area contributed by atoms with Gasteiger partial charge in [-0.2, -0.15) is 0 Å². The molecule has 4 heterocycles. The van der Waals surface area contributed by atoms with Gasteiger partial charge in [0.1, 0.15) is 18.0 Å². The highest BCUT2D eigenvalue weighted by molar-refractivity contribution is 5.76. The lowest BCUT2D eigenvalue weighted by atomic mass is 9.76. The number of pyridine rings is 2. The molecule has 9 heteroatoms. The number of halogens is 3. The van der Waals surface area contributed by atoms with Crippen LogP contribution < -0.4 is 5.32 Å². The van der Waals surface area contributed by atoms with Crippen LogP contribution in [-0.2, 0) is 17.6 Å². The van der Waals surface area contributed by atoms with E-state index in [4.69, 9.17) is 4.98 Å². The molecule has 0 radical (unpaired) electrons. The largest absolute Gasteiger partial charge is 0.480 e. The molecule has 200 valence electrons. The molecule has 0 amide bonds. The van der Waals surface area contributed by atoms with E-state index in [1.165, 1.54) is 11.8 Å². The SMILES string of the molecule is O=C(O)C(c1cccnc1C1CC(F)(F)C1)N1CCC(C(F)CCCCc2ccc3c(n2)NCCC3)C1. The van der Waals surface area contributed by atoms with E-state index in [0.717, 1.165) is 50.2 Å². The molecule has 2 N–H and O–H groups in total. The van der Waals surface area contributed by atoms with Crippen LogP contribution in [0.15, 0.2) is 30.5 Å². The summed E-state index contributed by atoms with van der Waals surface area (Å²) in [6.07, 6.45) is 5.51. The van der Waals surface area contributed by atoms with Gasteiger partial charge in [-0.1, -0.05) is 18.6 Å². The third kappa shape index (κ3) is 5.92. The molecule has 37 heavy (non-hydrogen) atoms. The van der Waals surface area contributed by atoms with Gasteiger partial charge in [-0.3, -0.25) is 14.7 Å². The number of nitrogens with one attached hydrogen (secondary N) is 1. The molecular formula is C28H35F3N4O2. The van der Waals surface area contributed by atoms with Gasteiger partial charge >= 0.3 is 5.97 Å². The van der Waals surface area contributed by atoms with Crippen LogP contribution in [0, 0.1) is 5.92 Å². The van der Waals surface area contributed by atoms with Gasteiger partial charge in [0.2, 0.25) is 5.92 Å². The van der Waals surface area contributed by atoms with E-state index in [1.54, 1.807) is 17.0 Å². The van der Waals surface area contributed by atoms with Crippen molar-refractivity contribution in [3.63, 3.8) is 0 Å². The van der Waals surface area contributed by atoms with Crippen molar-refractivity contribution in [1.82, 2.24) is 14.9 Å². The van der Waals surface area contributed by atoms with Gasteiger partial charge in [0, 0.05) is 60.9 Å². The number of carbonyl (C=O) groups is 1. The average molecular weight is 517 g/mol. The Kier molecular flexibility index (Phi) is 7.70. The number of rotatable bonds is 10. The van der Waals surface area contributed by atoms with E-state index in [0.29, 0.717) is 37.2 Å². The van der Waals surface area contributed by atoms with E-state index < -0.39 is 30.0 Å². The van der Waals surface area contributed by atoms with Gasteiger partial charge in [-0.25, -0.2) is 18.2 Å². The Morgan fingerprint density at radius 1 is 1.24 bits per heavy atom. The van der Waals surface area contributed by atoms with Crippen LogP contribution in [0.3, 0.4) is 0 Å². The number of anilines is 1. The van der Waals surface area contributed by atoms with Gasteiger partial charge in [0.25, 0.3) is 0 Å². The summed E-state index contributed by atoms with van der Waals surface area (Å²) in [5.41, 5.74) is 3.18. The number of hydrogen-bond donors (Lipinski definition) is 2. The standard InChI is InChI=1S/C28H35F3N4O2/c29-23(8-2-1-6-21-10-9-18-5-3-13-33-26(18)34-21)19-11-14-35(17-19)25(27(36)37)22-7-4-12-32-24(22)20-15-28(30,31)16-20/h4,7,9-10,12,19-20,23,25H,1-3,5-6,8,11,13-17H2,(H,33,34)(H,36,37). The summed E-state index contributed by atoms with van der Waals surface area (Å²) in [4.78, 5) is 23.1. The first kappa shape index (κ1) is 25.9. The maximum Gasteiger partial charge on any atom is 0.325 e. The predicted octanol–water partition coefficient (Wildman–Crippen LogP) is 5.55. The third-order valence-electron chi connectivity index (χ3n) is 8.12. The third-order valence-corrected chi connectivity index (χ3v) is 8.12. The Balaban J connectivity index is 1.14. The zero-order valence-corrected chi connectivity index (χ0v) is 21.0. The minimum atomic E-state index is -2.72. The minimum Gasteiger partial charge on any atom is -0.480 e. The first-order valence-corrected chi connectivity index (χ1v) is 13.5. The molecular weight excluding hydrogens is 481 g/mol. The van der Waals surface area contributed by atoms with Crippen molar-refractivity contribution in [3.8, 4) is 0 Å². The Hall–Kier alpha value is -2.68. The molecule has 2 aromatic rings. The molecule has 6 nitrogen and oxygen atoms in total. The van der Waals surface area contributed by atoms with Crippen molar-refractivity contribution >= 4 is 11.8 Å². The van der Waals surface area contributed by atoms with Crippen LogP contribution in [0.1, 0.15) is 79.4 Å². The van der Waals surface area contributed by atoms with Crippen molar-refractivity contribution in [1.29, 1.82) is 0 Å². The number of likely N-dealkylation sites (tertiary alicyclic amines) is 1. The number of aliphatic carboxylic acids is 1. The number of unbranched alkanes of at least 4 members (excludes halogenated alkanes) is 1. The number of nitrogens with zero attached hydrogens (tertiary/aromatic N) is 3. The normalized spacial score (nSPS) is 23.1. The zero-order chi connectivity index (χ0) is 26.0. The van der Waals surface area contributed by atoms with Crippen LogP contribution in [0.2, 0.25) is 0 Å². The lowest BCUT2D eigenvalue weighted by molar-refractivity contribution is -0.143. The van der Waals surface area contributed by atoms with Gasteiger partial charge in [-0.05, 0) is 62.8 Å². The van der Waals surface area contributed by atoms with Crippen LogP contribution in [0.4, 0.5) is 19.0 Å². The number of aryl methyl sites for hydroxylation is 2. The number of fused-ring (bicyclic) bond motifs is 1. The molecule has 1 aliphatic carbocycles. The number of alkyl halides is 3. The molecule has 2 fully saturated rings. The molecule has 3 unspecified atom stereocenters. The van der Waals surface area contributed by atoms with E-state index in [9.17, 15) is 18.7 Å². The summed E-state index contributed by atoms with van der Waals surface area (Å²) < 4.78 is 42.2. The first-order chi connectivity index (χ1) is 17.8. The molecule has 1 saturated carbocycles. The Labute approximate surface area is 215 Å². The molecule has 0 bridgehead atoms. The van der Waals surface area contributed by atoms with Crippen LogP contribution in [0.25, 0.3) is 0 Å². The van der Waals surface area contributed by atoms with Gasteiger partial charge in [0.15, 0.2) is 0 Å². The van der Waals surface area contributed by atoms with E-state index in [1.807, 2.05) is 0 Å². The summed E-state index contributed by atoms with van der Waals surface area (Å²) in [5, 5.41) is 13.4. The maximum absolute atomic E-state index is 15.2. The minimum absolute atomic E-state index is 0.235. The molecule has 3 atom stereocenters. The van der Waals surface area contributed by atoms with Gasteiger partial charge in [0.05, 0.1) is 0 Å². The highest BCUT2D eigenvalue weighted by atomic mass is 19.3. The second kappa shape index (κ2) is 11.0. The van der Waals surface area contributed by atoms with Crippen molar-refractivity contribution in [3.05, 3.63) is 53.0 Å². The van der Waals surface area contributed by atoms with Crippen molar-refractivity contribution in [2.75, 3.05) is 25.0 Å². The zero-order valence-electron chi connectivity index (χ0n) is 21.0. The molecule has 2 aliphatic heterocycles. The average Bonchev–Trinajstić information content (AvgIpc) is 3.35. The molecule has 3 aliphatic rings. The second-order valence-corrected chi connectivity index (χ2v) is 10.8. The van der Waals surface area contributed by atoms with Crippen molar-refractivity contribution < 1.29 is 23.1 Å². The summed E-state index contributed by atoms with van der Waals surface area (Å²) in [7, 11) is 0.